The molecule has 1 aromatic heterocycles. The highest BCUT2D eigenvalue weighted by molar-refractivity contribution is 5.97. The molecule has 9 nitrogen and oxygen atoms in total. The summed E-state index contributed by atoms with van der Waals surface area (Å²) in [5.74, 6) is 1.33. The van der Waals surface area contributed by atoms with Gasteiger partial charge in [-0.05, 0) is 25.5 Å². The molecule has 0 fully saturated rings. The number of hydrogen-bond donors (Lipinski definition) is 2. The van der Waals surface area contributed by atoms with E-state index in [1.54, 1.807) is 37.1 Å². The summed E-state index contributed by atoms with van der Waals surface area (Å²) in [6, 6.07) is 14.5. The van der Waals surface area contributed by atoms with E-state index in [1.165, 1.54) is 4.90 Å². The largest absolute Gasteiger partial charge is 0.497 e. The number of nitrogens with zero attached hydrogens (tertiary/aromatic N) is 3. The highest BCUT2D eigenvalue weighted by atomic mass is 16.5. The van der Waals surface area contributed by atoms with Crippen molar-refractivity contribution in [3.05, 3.63) is 59.8 Å². The van der Waals surface area contributed by atoms with E-state index in [0.29, 0.717) is 36.0 Å². The van der Waals surface area contributed by atoms with Crippen molar-refractivity contribution < 1.29 is 19.1 Å². The number of carbonyl (C=O) groups is 2. The quantitative estimate of drug-likeness (QED) is 0.405. The van der Waals surface area contributed by atoms with Crippen LogP contribution in [-0.2, 0) is 10.2 Å². The van der Waals surface area contributed by atoms with Gasteiger partial charge in [0.05, 0.1) is 25.6 Å². The van der Waals surface area contributed by atoms with Gasteiger partial charge in [-0.15, -0.1) is 0 Å². The van der Waals surface area contributed by atoms with E-state index in [1.807, 2.05) is 44.2 Å². The Hall–Kier alpha value is -4.01. The lowest BCUT2D eigenvalue weighted by atomic mass is 9.92. The SMILES string of the molecule is CCCN(CC(=O)Nc1cc(C(C)(C)C)nn1-c1ccc(C)cc1)C(=O)Nc1cc(OC)cc(OC)c1. The standard InChI is InChI=1S/C28H37N5O4/c1-8-13-32(27(35)29-20-14-22(36-6)16-23(15-20)37-7)18-26(34)30-25-17-24(28(3,4)5)31-33(25)21-11-9-19(2)10-12-21/h9-12,14-17H,8,13,18H2,1-7H3,(H,29,35)(H,30,34). The first-order valence-corrected chi connectivity index (χ1v) is 12.3. The molecule has 0 radical (unpaired) electrons. The number of urea groups is 1. The summed E-state index contributed by atoms with van der Waals surface area (Å²) >= 11 is 0. The monoisotopic (exact) mass is 507 g/mol. The number of nitrogens with one attached hydrogen (secondary N) is 2. The van der Waals surface area contributed by atoms with E-state index in [-0.39, 0.29) is 17.9 Å². The third-order valence-electron chi connectivity index (χ3n) is 5.74. The van der Waals surface area contributed by atoms with Crippen LogP contribution in [0.15, 0.2) is 48.5 Å². The molecular weight excluding hydrogens is 470 g/mol. The summed E-state index contributed by atoms with van der Waals surface area (Å²) < 4.78 is 12.3. The fourth-order valence-electron chi connectivity index (χ4n) is 3.68. The van der Waals surface area contributed by atoms with Crippen LogP contribution in [0.2, 0.25) is 0 Å². The zero-order valence-corrected chi connectivity index (χ0v) is 22.7. The summed E-state index contributed by atoms with van der Waals surface area (Å²) in [5.41, 5.74) is 3.12. The molecule has 0 spiro atoms. The normalized spacial score (nSPS) is 11.1. The van der Waals surface area contributed by atoms with Crippen molar-refractivity contribution in [1.82, 2.24) is 14.7 Å². The van der Waals surface area contributed by atoms with Gasteiger partial charge < -0.3 is 25.0 Å². The lowest BCUT2D eigenvalue weighted by Gasteiger charge is -2.22. The molecule has 2 aromatic carbocycles. The van der Waals surface area contributed by atoms with Crippen molar-refractivity contribution in [3.63, 3.8) is 0 Å². The molecule has 0 saturated carbocycles. The fourth-order valence-corrected chi connectivity index (χ4v) is 3.68. The number of amides is 3. The Kier molecular flexibility index (Phi) is 8.81. The van der Waals surface area contributed by atoms with Gasteiger partial charge in [-0.1, -0.05) is 45.4 Å². The molecule has 0 atom stereocenters. The number of benzene rings is 2. The lowest BCUT2D eigenvalue weighted by molar-refractivity contribution is -0.116. The molecule has 9 heteroatoms. The Morgan fingerprint density at radius 1 is 0.973 bits per heavy atom. The van der Waals surface area contributed by atoms with Crippen LogP contribution in [0.3, 0.4) is 0 Å². The molecule has 2 N–H and O–H groups in total. The van der Waals surface area contributed by atoms with Crippen molar-refractivity contribution >= 4 is 23.4 Å². The van der Waals surface area contributed by atoms with Gasteiger partial charge in [0.25, 0.3) is 0 Å². The number of anilines is 2. The van der Waals surface area contributed by atoms with Gasteiger partial charge in [0.1, 0.15) is 23.9 Å². The minimum absolute atomic E-state index is 0.120. The lowest BCUT2D eigenvalue weighted by Crippen LogP contribution is -2.41. The molecule has 3 aromatic rings. The number of hydrogen-bond acceptors (Lipinski definition) is 5. The maximum atomic E-state index is 13.1. The summed E-state index contributed by atoms with van der Waals surface area (Å²) in [6.45, 7) is 10.5. The number of methoxy groups -OCH3 is 2. The van der Waals surface area contributed by atoms with Crippen LogP contribution in [0.4, 0.5) is 16.3 Å². The van der Waals surface area contributed by atoms with Crippen LogP contribution in [0.5, 0.6) is 11.5 Å². The van der Waals surface area contributed by atoms with Crippen LogP contribution in [0, 0.1) is 6.92 Å². The van der Waals surface area contributed by atoms with Gasteiger partial charge in [0, 0.05) is 41.9 Å². The van der Waals surface area contributed by atoms with Crippen LogP contribution in [0.25, 0.3) is 5.69 Å². The van der Waals surface area contributed by atoms with E-state index in [9.17, 15) is 9.59 Å². The second-order valence-electron chi connectivity index (χ2n) is 9.91. The van der Waals surface area contributed by atoms with E-state index in [0.717, 1.165) is 16.9 Å². The molecule has 0 saturated heterocycles. The molecule has 0 aliphatic heterocycles. The highest BCUT2D eigenvalue weighted by Gasteiger charge is 2.23. The molecule has 3 amide bonds. The second-order valence-corrected chi connectivity index (χ2v) is 9.91. The van der Waals surface area contributed by atoms with Gasteiger partial charge in [0.15, 0.2) is 0 Å². The summed E-state index contributed by atoms with van der Waals surface area (Å²) in [6.07, 6.45) is 0.692. The summed E-state index contributed by atoms with van der Waals surface area (Å²) in [5, 5.41) is 10.6. The molecular formula is C28H37N5O4. The van der Waals surface area contributed by atoms with E-state index >= 15 is 0 Å². The molecule has 37 heavy (non-hydrogen) atoms. The predicted octanol–water partition coefficient (Wildman–Crippen LogP) is 5.38. The number of carbonyl (C=O) groups excluding carboxylic acids is 2. The molecule has 0 aliphatic rings. The molecule has 3 rings (SSSR count). The fraction of sp³-hybridized carbons (Fsp3) is 0.393. The topological polar surface area (TPSA) is 97.7 Å². The molecule has 0 aliphatic carbocycles. The van der Waals surface area contributed by atoms with Gasteiger partial charge in [-0.2, -0.15) is 5.10 Å². The zero-order valence-electron chi connectivity index (χ0n) is 22.7. The van der Waals surface area contributed by atoms with E-state index in [2.05, 4.69) is 31.4 Å². The van der Waals surface area contributed by atoms with Crippen LogP contribution in [0.1, 0.15) is 45.4 Å². The number of aromatic nitrogens is 2. The van der Waals surface area contributed by atoms with E-state index in [4.69, 9.17) is 14.6 Å². The van der Waals surface area contributed by atoms with Crippen LogP contribution in [-0.4, -0.2) is 53.9 Å². The van der Waals surface area contributed by atoms with Crippen molar-refractivity contribution in [2.24, 2.45) is 0 Å². The number of ether oxygens (including phenoxy) is 2. The Morgan fingerprint density at radius 3 is 2.14 bits per heavy atom. The van der Waals surface area contributed by atoms with Crippen LogP contribution < -0.4 is 20.1 Å². The zero-order chi connectivity index (χ0) is 27.2. The molecule has 198 valence electrons. The van der Waals surface area contributed by atoms with Crippen molar-refractivity contribution in [1.29, 1.82) is 0 Å². The highest BCUT2D eigenvalue weighted by Crippen LogP contribution is 2.27. The Balaban J connectivity index is 1.80. The number of rotatable bonds is 9. The molecule has 1 heterocycles. The average Bonchev–Trinajstić information content (AvgIpc) is 3.28. The first-order valence-electron chi connectivity index (χ1n) is 12.3. The Morgan fingerprint density at radius 2 is 1.59 bits per heavy atom. The second kappa shape index (κ2) is 11.8. The Bertz CT molecular complexity index is 1210. The van der Waals surface area contributed by atoms with Crippen molar-refractivity contribution in [3.8, 4) is 17.2 Å². The molecule has 0 bridgehead atoms. The smallest absolute Gasteiger partial charge is 0.322 e. The minimum Gasteiger partial charge on any atom is -0.497 e. The van der Waals surface area contributed by atoms with E-state index < -0.39 is 6.03 Å². The molecule has 0 unspecified atom stereocenters. The summed E-state index contributed by atoms with van der Waals surface area (Å²) in [7, 11) is 3.08. The average molecular weight is 508 g/mol. The third-order valence-corrected chi connectivity index (χ3v) is 5.74. The van der Waals surface area contributed by atoms with Gasteiger partial charge in [0.2, 0.25) is 5.91 Å². The third kappa shape index (κ3) is 7.25. The minimum atomic E-state index is -0.394. The predicted molar refractivity (Wildman–Crippen MR) is 146 cm³/mol. The van der Waals surface area contributed by atoms with Gasteiger partial charge in [-0.25, -0.2) is 9.48 Å². The van der Waals surface area contributed by atoms with Gasteiger partial charge >= 0.3 is 6.03 Å². The van der Waals surface area contributed by atoms with Crippen molar-refractivity contribution in [2.75, 3.05) is 37.9 Å². The van der Waals surface area contributed by atoms with Gasteiger partial charge in [-0.3, -0.25) is 4.79 Å². The van der Waals surface area contributed by atoms with Crippen LogP contribution >= 0.6 is 0 Å². The summed E-state index contributed by atoms with van der Waals surface area (Å²) in [4.78, 5) is 27.7. The number of aryl methyl sites for hydroxylation is 1. The maximum absolute atomic E-state index is 13.1. The first-order chi connectivity index (χ1) is 17.5. The maximum Gasteiger partial charge on any atom is 0.322 e. The first kappa shape index (κ1) is 27.6. The van der Waals surface area contributed by atoms with Crippen molar-refractivity contribution in [2.45, 2.75) is 46.5 Å². The Labute approximate surface area is 218 Å².